The average molecular weight is 564 g/mol. The Hall–Kier alpha value is -4.76. The van der Waals surface area contributed by atoms with Crippen molar-refractivity contribution in [2.24, 2.45) is 5.73 Å². The standard InChI is InChI=1S/C33H34FN7O/c1-33(2,35)32(42)38-29(17-23-19-37-28-10-6-4-8-26(23)28)31-40-39-30(41(31)20-21-11-14-24(34)15-12-21)16-13-22-18-36-27-9-5-3-7-25(22)27/h3-12,14-15,18-19,29,36-37H,13,16-17,20,35H2,1-2H3,(H,38,42). The number of carbonyl (C=O) groups is 1. The minimum Gasteiger partial charge on any atom is -0.361 e. The Labute approximate surface area is 243 Å². The number of para-hydroxylation sites is 2. The Kier molecular flexibility index (Phi) is 7.34. The van der Waals surface area contributed by atoms with E-state index in [1.807, 2.05) is 47.3 Å². The summed E-state index contributed by atoms with van der Waals surface area (Å²) in [4.78, 5) is 19.9. The molecule has 3 heterocycles. The highest BCUT2D eigenvalue weighted by Gasteiger charge is 2.29. The number of aromatic nitrogens is 5. The van der Waals surface area contributed by atoms with E-state index in [2.05, 4.69) is 43.7 Å². The second-order valence-corrected chi connectivity index (χ2v) is 11.4. The van der Waals surface area contributed by atoms with Crippen LogP contribution in [0.3, 0.4) is 0 Å². The van der Waals surface area contributed by atoms with Gasteiger partial charge in [0.1, 0.15) is 11.6 Å². The molecular formula is C33H34FN7O. The maximum Gasteiger partial charge on any atom is 0.240 e. The number of carbonyl (C=O) groups excluding carboxylic acids is 1. The molecule has 0 spiro atoms. The van der Waals surface area contributed by atoms with E-state index in [4.69, 9.17) is 5.73 Å². The number of nitrogens with one attached hydrogen (secondary N) is 3. The monoisotopic (exact) mass is 563 g/mol. The van der Waals surface area contributed by atoms with Gasteiger partial charge < -0.3 is 25.6 Å². The highest BCUT2D eigenvalue weighted by molar-refractivity contribution is 5.86. The van der Waals surface area contributed by atoms with E-state index in [1.165, 1.54) is 23.1 Å². The average Bonchev–Trinajstić information content (AvgIpc) is 3.69. The van der Waals surface area contributed by atoms with Gasteiger partial charge in [-0.25, -0.2) is 4.39 Å². The summed E-state index contributed by atoms with van der Waals surface area (Å²) in [7, 11) is 0. The Bertz CT molecular complexity index is 1840. The van der Waals surface area contributed by atoms with Crippen molar-refractivity contribution in [2.45, 2.75) is 51.2 Å². The van der Waals surface area contributed by atoms with Crippen molar-refractivity contribution < 1.29 is 9.18 Å². The molecule has 1 atom stereocenters. The molecule has 0 saturated carbocycles. The van der Waals surface area contributed by atoms with E-state index < -0.39 is 11.6 Å². The van der Waals surface area contributed by atoms with Crippen molar-refractivity contribution in [1.82, 2.24) is 30.0 Å². The minimum atomic E-state index is -1.08. The van der Waals surface area contributed by atoms with Crippen LogP contribution in [-0.4, -0.2) is 36.2 Å². The molecule has 0 aliphatic heterocycles. The zero-order chi connectivity index (χ0) is 29.3. The summed E-state index contributed by atoms with van der Waals surface area (Å²) in [5.74, 6) is 0.821. The SMILES string of the molecule is CC(C)(N)C(=O)NC(Cc1c[nH]c2ccccc12)c1nnc(CCc2c[nH]c3ccccc23)n1Cc1ccc(F)cc1. The van der Waals surface area contributed by atoms with Crippen LogP contribution in [0.4, 0.5) is 4.39 Å². The Morgan fingerprint density at radius 2 is 1.52 bits per heavy atom. The number of hydrogen-bond acceptors (Lipinski definition) is 4. The van der Waals surface area contributed by atoms with E-state index in [9.17, 15) is 9.18 Å². The Balaban J connectivity index is 1.38. The minimum absolute atomic E-state index is 0.288. The molecule has 3 aromatic heterocycles. The molecule has 9 heteroatoms. The van der Waals surface area contributed by atoms with Crippen LogP contribution in [0, 0.1) is 5.82 Å². The molecule has 0 fully saturated rings. The summed E-state index contributed by atoms with van der Waals surface area (Å²) in [5.41, 5.74) is 10.4. The number of halogens is 1. The number of aryl methyl sites for hydroxylation is 2. The van der Waals surface area contributed by atoms with Crippen LogP contribution in [0.25, 0.3) is 21.8 Å². The van der Waals surface area contributed by atoms with E-state index in [1.54, 1.807) is 26.0 Å². The van der Waals surface area contributed by atoms with Crippen molar-refractivity contribution in [3.63, 3.8) is 0 Å². The highest BCUT2D eigenvalue weighted by Crippen LogP contribution is 2.26. The number of fused-ring (bicyclic) bond motifs is 2. The van der Waals surface area contributed by atoms with Gasteiger partial charge in [-0.1, -0.05) is 48.5 Å². The molecule has 214 valence electrons. The summed E-state index contributed by atoms with van der Waals surface area (Å²) in [5, 5.41) is 14.7. The van der Waals surface area contributed by atoms with E-state index in [0.717, 1.165) is 39.8 Å². The summed E-state index contributed by atoms with van der Waals surface area (Å²) in [6.07, 6.45) is 5.87. The van der Waals surface area contributed by atoms with Gasteiger partial charge in [-0.05, 0) is 61.2 Å². The van der Waals surface area contributed by atoms with Crippen molar-refractivity contribution >= 4 is 27.7 Å². The molecule has 6 aromatic rings. The third kappa shape index (κ3) is 5.69. The van der Waals surface area contributed by atoms with Crippen LogP contribution in [0.15, 0.2) is 85.2 Å². The Morgan fingerprint density at radius 1 is 0.905 bits per heavy atom. The fourth-order valence-corrected chi connectivity index (χ4v) is 5.39. The van der Waals surface area contributed by atoms with Gasteiger partial charge in [0.2, 0.25) is 5.91 Å². The van der Waals surface area contributed by atoms with Gasteiger partial charge in [0, 0.05) is 47.0 Å². The summed E-state index contributed by atoms with van der Waals surface area (Å²) < 4.78 is 15.8. The quantitative estimate of drug-likeness (QED) is 0.180. The van der Waals surface area contributed by atoms with Crippen LogP contribution < -0.4 is 11.1 Å². The smallest absolute Gasteiger partial charge is 0.240 e. The zero-order valence-corrected chi connectivity index (χ0v) is 23.7. The lowest BCUT2D eigenvalue weighted by molar-refractivity contribution is -0.126. The van der Waals surface area contributed by atoms with Crippen molar-refractivity contribution in [3.05, 3.63) is 119 Å². The number of benzene rings is 3. The van der Waals surface area contributed by atoms with E-state index >= 15 is 0 Å². The number of nitrogens with two attached hydrogens (primary N) is 1. The molecular weight excluding hydrogens is 529 g/mol. The Morgan fingerprint density at radius 3 is 2.19 bits per heavy atom. The fourth-order valence-electron chi connectivity index (χ4n) is 5.39. The lowest BCUT2D eigenvalue weighted by Gasteiger charge is -2.25. The van der Waals surface area contributed by atoms with Gasteiger partial charge in [-0.2, -0.15) is 0 Å². The van der Waals surface area contributed by atoms with Crippen LogP contribution >= 0.6 is 0 Å². The first-order valence-electron chi connectivity index (χ1n) is 14.1. The predicted octanol–water partition coefficient (Wildman–Crippen LogP) is 5.35. The van der Waals surface area contributed by atoms with Gasteiger partial charge >= 0.3 is 0 Å². The first-order valence-corrected chi connectivity index (χ1v) is 14.1. The number of H-pyrrole nitrogens is 2. The molecule has 1 amide bonds. The number of aromatic amines is 2. The zero-order valence-electron chi connectivity index (χ0n) is 23.7. The largest absolute Gasteiger partial charge is 0.361 e. The molecule has 0 bridgehead atoms. The van der Waals surface area contributed by atoms with Gasteiger partial charge in [0.25, 0.3) is 0 Å². The second kappa shape index (κ2) is 11.3. The van der Waals surface area contributed by atoms with Gasteiger partial charge in [0.15, 0.2) is 5.82 Å². The molecule has 0 aliphatic rings. The second-order valence-electron chi connectivity index (χ2n) is 11.4. The normalized spacial score (nSPS) is 12.7. The lowest BCUT2D eigenvalue weighted by atomic mass is 10.0. The third-order valence-corrected chi connectivity index (χ3v) is 7.70. The maximum atomic E-state index is 13.8. The molecule has 42 heavy (non-hydrogen) atoms. The number of nitrogens with zero attached hydrogens (tertiary/aromatic N) is 3. The molecule has 0 aliphatic carbocycles. The van der Waals surface area contributed by atoms with E-state index in [0.29, 0.717) is 25.2 Å². The molecule has 8 nitrogen and oxygen atoms in total. The molecule has 6 rings (SSSR count). The summed E-state index contributed by atoms with van der Waals surface area (Å²) in [6.45, 7) is 3.79. The first-order chi connectivity index (χ1) is 20.3. The van der Waals surface area contributed by atoms with Gasteiger partial charge in [0.05, 0.1) is 18.1 Å². The topological polar surface area (TPSA) is 117 Å². The fraction of sp³-hybridized carbons (Fsp3) is 0.242. The van der Waals surface area contributed by atoms with E-state index in [-0.39, 0.29) is 11.7 Å². The molecule has 0 radical (unpaired) electrons. The number of hydrogen-bond donors (Lipinski definition) is 4. The molecule has 0 saturated heterocycles. The molecule has 5 N–H and O–H groups in total. The third-order valence-electron chi connectivity index (χ3n) is 7.70. The van der Waals surface area contributed by atoms with Crippen molar-refractivity contribution in [1.29, 1.82) is 0 Å². The van der Waals surface area contributed by atoms with Crippen molar-refractivity contribution in [2.75, 3.05) is 0 Å². The number of amides is 1. The maximum absolute atomic E-state index is 13.8. The van der Waals surface area contributed by atoms with Crippen LogP contribution in [0.1, 0.15) is 48.2 Å². The number of rotatable bonds is 10. The highest BCUT2D eigenvalue weighted by atomic mass is 19.1. The van der Waals surface area contributed by atoms with Gasteiger partial charge in [-0.15, -0.1) is 10.2 Å². The van der Waals surface area contributed by atoms with Crippen LogP contribution in [-0.2, 0) is 30.6 Å². The van der Waals surface area contributed by atoms with Crippen molar-refractivity contribution in [3.8, 4) is 0 Å². The summed E-state index contributed by atoms with van der Waals surface area (Å²) >= 11 is 0. The van der Waals surface area contributed by atoms with Crippen LogP contribution in [0.2, 0.25) is 0 Å². The van der Waals surface area contributed by atoms with Gasteiger partial charge in [-0.3, -0.25) is 4.79 Å². The predicted molar refractivity (Wildman–Crippen MR) is 162 cm³/mol. The molecule has 1 unspecified atom stereocenters. The summed E-state index contributed by atoms with van der Waals surface area (Å²) in [6, 6.07) is 22.2. The first kappa shape index (κ1) is 27.4. The van der Waals surface area contributed by atoms with Crippen LogP contribution in [0.5, 0.6) is 0 Å². The molecule has 3 aromatic carbocycles. The lowest BCUT2D eigenvalue weighted by Crippen LogP contribution is -2.50.